The quantitative estimate of drug-likeness (QED) is 0.618. The normalized spacial score (nSPS) is 12.4. The summed E-state index contributed by atoms with van der Waals surface area (Å²) in [5.74, 6) is -0.635. The molecule has 0 bridgehead atoms. The fourth-order valence-electron chi connectivity index (χ4n) is 1.66. The molecular formula is C11H11FN4O2. The molecule has 94 valence electrons. The molecule has 2 aromatic rings. The Labute approximate surface area is 102 Å². The van der Waals surface area contributed by atoms with E-state index in [1.54, 1.807) is 20.0 Å². The zero-order valence-corrected chi connectivity index (χ0v) is 9.87. The largest absolute Gasteiger partial charge is 0.392 e. The average molecular weight is 250 g/mol. The molecule has 1 atom stereocenters. The first-order chi connectivity index (χ1) is 8.49. The van der Waals surface area contributed by atoms with E-state index in [0.717, 1.165) is 6.20 Å². The smallest absolute Gasteiger partial charge is 0.358 e. The Balaban J connectivity index is 2.37. The predicted molar refractivity (Wildman–Crippen MR) is 61.6 cm³/mol. The maximum absolute atomic E-state index is 13.1. The van der Waals surface area contributed by atoms with Crippen molar-refractivity contribution in [1.82, 2.24) is 14.8 Å². The van der Waals surface area contributed by atoms with Crippen molar-refractivity contribution in [1.29, 1.82) is 0 Å². The summed E-state index contributed by atoms with van der Waals surface area (Å²) in [7, 11) is 0. The maximum Gasteiger partial charge on any atom is 0.392 e. The number of nitro groups is 1. The number of aromatic nitrogens is 3. The number of hydrogen-bond acceptors (Lipinski definition) is 4. The molecule has 6 nitrogen and oxygen atoms in total. The van der Waals surface area contributed by atoms with Crippen molar-refractivity contribution in [2.75, 3.05) is 0 Å². The highest BCUT2D eigenvalue weighted by molar-refractivity contribution is 5.29. The molecule has 0 N–H and O–H groups in total. The molecule has 2 rings (SSSR count). The molecule has 0 aliphatic carbocycles. The highest BCUT2D eigenvalue weighted by atomic mass is 19.1. The molecule has 0 aliphatic heterocycles. The molecule has 0 saturated heterocycles. The first-order valence-corrected chi connectivity index (χ1v) is 5.29. The molecule has 0 aromatic carbocycles. The van der Waals surface area contributed by atoms with E-state index in [9.17, 15) is 14.5 Å². The van der Waals surface area contributed by atoms with E-state index in [0.29, 0.717) is 11.1 Å². The lowest BCUT2D eigenvalue weighted by molar-refractivity contribution is -0.390. The van der Waals surface area contributed by atoms with Gasteiger partial charge in [0.2, 0.25) is 0 Å². The van der Waals surface area contributed by atoms with Gasteiger partial charge in [0, 0.05) is 6.20 Å². The van der Waals surface area contributed by atoms with Gasteiger partial charge >= 0.3 is 5.82 Å². The Morgan fingerprint density at radius 2 is 2.22 bits per heavy atom. The van der Waals surface area contributed by atoms with Gasteiger partial charge in [0.05, 0.1) is 29.1 Å². The van der Waals surface area contributed by atoms with Crippen molar-refractivity contribution < 1.29 is 9.31 Å². The van der Waals surface area contributed by atoms with Crippen molar-refractivity contribution in [2.24, 2.45) is 0 Å². The van der Waals surface area contributed by atoms with Gasteiger partial charge in [-0.2, -0.15) is 4.68 Å². The van der Waals surface area contributed by atoms with Crippen LogP contribution in [0.25, 0.3) is 0 Å². The van der Waals surface area contributed by atoms with Crippen LogP contribution in [0.15, 0.2) is 24.7 Å². The fraction of sp³-hybridized carbons (Fsp3) is 0.273. The minimum absolute atomic E-state index is 0.189. The molecule has 18 heavy (non-hydrogen) atoms. The van der Waals surface area contributed by atoms with Gasteiger partial charge in [-0.3, -0.25) is 4.98 Å². The van der Waals surface area contributed by atoms with E-state index in [2.05, 4.69) is 10.1 Å². The molecule has 0 radical (unpaired) electrons. The molecule has 2 heterocycles. The lowest BCUT2D eigenvalue weighted by atomic mass is 10.1. The van der Waals surface area contributed by atoms with Crippen LogP contribution in [0.3, 0.4) is 0 Å². The Morgan fingerprint density at radius 3 is 2.78 bits per heavy atom. The van der Waals surface area contributed by atoms with E-state index in [4.69, 9.17) is 0 Å². The Hall–Kier alpha value is -2.31. The third-order valence-corrected chi connectivity index (χ3v) is 2.67. The molecule has 0 aliphatic rings. The van der Waals surface area contributed by atoms with Crippen LogP contribution < -0.4 is 0 Å². The average Bonchev–Trinajstić information content (AvgIpc) is 2.70. The van der Waals surface area contributed by atoms with Crippen molar-refractivity contribution >= 4 is 5.82 Å². The highest BCUT2D eigenvalue weighted by Crippen LogP contribution is 2.21. The SMILES string of the molecule is Cc1cn(C(C)c2cncc(F)c2)nc1[N+](=O)[O-]. The van der Waals surface area contributed by atoms with Crippen molar-refractivity contribution in [3.63, 3.8) is 0 Å². The summed E-state index contributed by atoms with van der Waals surface area (Å²) in [5.41, 5.74) is 1.07. The maximum atomic E-state index is 13.1. The number of halogens is 1. The van der Waals surface area contributed by atoms with Crippen LogP contribution in [-0.4, -0.2) is 19.7 Å². The number of nitrogens with zero attached hydrogens (tertiary/aromatic N) is 4. The van der Waals surface area contributed by atoms with Gasteiger partial charge in [-0.1, -0.05) is 0 Å². The summed E-state index contributed by atoms with van der Waals surface area (Å²) >= 11 is 0. The van der Waals surface area contributed by atoms with Gasteiger partial charge < -0.3 is 10.1 Å². The van der Waals surface area contributed by atoms with E-state index in [-0.39, 0.29) is 11.9 Å². The zero-order chi connectivity index (χ0) is 13.3. The fourth-order valence-corrected chi connectivity index (χ4v) is 1.66. The zero-order valence-electron chi connectivity index (χ0n) is 9.87. The lowest BCUT2D eigenvalue weighted by Gasteiger charge is -2.08. The summed E-state index contributed by atoms with van der Waals surface area (Å²) in [6.45, 7) is 3.38. The number of rotatable bonds is 3. The van der Waals surface area contributed by atoms with Crippen molar-refractivity contribution in [3.05, 3.63) is 51.7 Å². The molecule has 7 heteroatoms. The molecule has 1 unspecified atom stereocenters. The first-order valence-electron chi connectivity index (χ1n) is 5.29. The van der Waals surface area contributed by atoms with Gasteiger partial charge in [0.1, 0.15) is 5.82 Å². The molecule has 0 saturated carbocycles. The summed E-state index contributed by atoms with van der Waals surface area (Å²) < 4.78 is 14.5. The second-order valence-electron chi connectivity index (χ2n) is 3.99. The minimum Gasteiger partial charge on any atom is -0.358 e. The summed E-state index contributed by atoms with van der Waals surface area (Å²) in [6.07, 6.45) is 4.18. The van der Waals surface area contributed by atoms with Crippen LogP contribution >= 0.6 is 0 Å². The van der Waals surface area contributed by atoms with Crippen molar-refractivity contribution in [3.8, 4) is 0 Å². The number of pyridine rings is 1. The third kappa shape index (κ3) is 2.20. The molecular weight excluding hydrogens is 239 g/mol. The predicted octanol–water partition coefficient (Wildman–Crippen LogP) is 2.24. The summed E-state index contributed by atoms with van der Waals surface area (Å²) in [4.78, 5) is 13.9. The van der Waals surface area contributed by atoms with E-state index in [1.165, 1.54) is 16.9 Å². The second kappa shape index (κ2) is 4.52. The molecule has 0 spiro atoms. The van der Waals surface area contributed by atoms with Crippen LogP contribution in [0.4, 0.5) is 10.2 Å². The number of aryl methyl sites for hydroxylation is 1. The Bertz CT molecular complexity index is 596. The van der Waals surface area contributed by atoms with Crippen LogP contribution in [0.1, 0.15) is 24.1 Å². The monoisotopic (exact) mass is 250 g/mol. The summed E-state index contributed by atoms with van der Waals surface area (Å²) in [6, 6.07) is 1.01. The van der Waals surface area contributed by atoms with Crippen LogP contribution in [0, 0.1) is 22.9 Å². The summed E-state index contributed by atoms with van der Waals surface area (Å²) in [5, 5.41) is 14.6. The van der Waals surface area contributed by atoms with E-state index < -0.39 is 10.7 Å². The first kappa shape index (κ1) is 12.2. The standard InChI is InChI=1S/C11H11FN4O2/c1-7-6-15(14-11(7)16(17)18)8(2)9-3-10(12)5-13-4-9/h3-6,8H,1-2H3. The van der Waals surface area contributed by atoms with Gasteiger partial charge in [0.15, 0.2) is 0 Å². The lowest BCUT2D eigenvalue weighted by Crippen LogP contribution is -2.08. The van der Waals surface area contributed by atoms with Crippen molar-refractivity contribution in [2.45, 2.75) is 19.9 Å². The van der Waals surface area contributed by atoms with Gasteiger partial charge in [-0.25, -0.2) is 4.39 Å². The topological polar surface area (TPSA) is 73.8 Å². The van der Waals surface area contributed by atoms with Gasteiger partial charge in [-0.05, 0) is 30.4 Å². The Kier molecular flexibility index (Phi) is 3.05. The third-order valence-electron chi connectivity index (χ3n) is 2.67. The highest BCUT2D eigenvalue weighted by Gasteiger charge is 2.21. The van der Waals surface area contributed by atoms with Crippen LogP contribution in [0.2, 0.25) is 0 Å². The van der Waals surface area contributed by atoms with E-state index in [1.807, 2.05) is 0 Å². The van der Waals surface area contributed by atoms with Crippen LogP contribution in [0.5, 0.6) is 0 Å². The molecule has 2 aromatic heterocycles. The van der Waals surface area contributed by atoms with E-state index >= 15 is 0 Å². The van der Waals surface area contributed by atoms with Crippen LogP contribution in [-0.2, 0) is 0 Å². The minimum atomic E-state index is -0.539. The second-order valence-corrected chi connectivity index (χ2v) is 3.99. The molecule has 0 fully saturated rings. The Morgan fingerprint density at radius 1 is 1.50 bits per heavy atom. The molecule has 0 amide bonds. The number of hydrogen-bond donors (Lipinski definition) is 0. The van der Waals surface area contributed by atoms with Gasteiger partial charge in [0.25, 0.3) is 0 Å². The van der Waals surface area contributed by atoms with Gasteiger partial charge in [-0.15, -0.1) is 0 Å².